The number of imidazole rings is 1. The lowest BCUT2D eigenvalue weighted by Crippen LogP contribution is -2.55. The molecule has 0 bridgehead atoms. The number of nitrogens with zero attached hydrogens (tertiary/aromatic N) is 3. The van der Waals surface area contributed by atoms with Crippen molar-refractivity contribution in [2.75, 3.05) is 26.8 Å². The minimum Gasteiger partial charge on any atom is -0.377 e. The summed E-state index contributed by atoms with van der Waals surface area (Å²) in [5.74, 6) is 1.12. The first-order valence-corrected chi connectivity index (χ1v) is 8.51. The molecular weight excluding hydrogens is 290 g/mol. The molecule has 2 saturated heterocycles. The lowest BCUT2D eigenvalue weighted by atomic mass is 9.86. The summed E-state index contributed by atoms with van der Waals surface area (Å²) in [4.78, 5) is 7.24. The van der Waals surface area contributed by atoms with Crippen LogP contribution in [0.3, 0.4) is 0 Å². The molecule has 23 heavy (non-hydrogen) atoms. The van der Waals surface area contributed by atoms with Crippen molar-refractivity contribution in [2.24, 2.45) is 7.05 Å². The fourth-order valence-electron chi connectivity index (χ4n) is 4.14. The fraction of sp³-hybridized carbons (Fsp3) is 0.611. The van der Waals surface area contributed by atoms with E-state index in [0.717, 1.165) is 56.8 Å². The van der Waals surface area contributed by atoms with Gasteiger partial charge in [-0.1, -0.05) is 12.1 Å². The number of fused-ring (bicyclic) bond motifs is 1. The van der Waals surface area contributed by atoms with E-state index in [1.54, 1.807) is 0 Å². The van der Waals surface area contributed by atoms with Crippen molar-refractivity contribution < 1.29 is 9.47 Å². The number of rotatable bonds is 3. The Hall–Kier alpha value is -1.43. The monoisotopic (exact) mass is 315 g/mol. The first-order valence-electron chi connectivity index (χ1n) is 8.51. The average Bonchev–Trinajstić information content (AvgIpc) is 3.16. The number of likely N-dealkylation sites (tertiary alicyclic amines) is 1. The summed E-state index contributed by atoms with van der Waals surface area (Å²) >= 11 is 0. The summed E-state index contributed by atoms with van der Waals surface area (Å²) < 4.78 is 14.1. The number of benzene rings is 1. The van der Waals surface area contributed by atoms with Gasteiger partial charge in [0, 0.05) is 33.9 Å². The van der Waals surface area contributed by atoms with Gasteiger partial charge in [-0.3, -0.25) is 4.90 Å². The molecule has 5 heteroatoms. The van der Waals surface area contributed by atoms with Crippen molar-refractivity contribution in [2.45, 2.75) is 37.5 Å². The van der Waals surface area contributed by atoms with Crippen LogP contribution in [0.1, 0.15) is 25.1 Å². The molecule has 1 aromatic heterocycles. The van der Waals surface area contributed by atoms with Crippen molar-refractivity contribution in [3.63, 3.8) is 0 Å². The SMILES string of the molecule is CO[C@H]1CN(Cc2nc3ccccc3n2C)CC[C@@]12CCCO2. The minimum atomic E-state index is -0.0440. The smallest absolute Gasteiger partial charge is 0.123 e. The number of aryl methyl sites for hydroxylation is 1. The lowest BCUT2D eigenvalue weighted by molar-refractivity contribution is -0.143. The van der Waals surface area contributed by atoms with Gasteiger partial charge >= 0.3 is 0 Å². The third kappa shape index (κ3) is 2.57. The predicted molar refractivity (Wildman–Crippen MR) is 89.3 cm³/mol. The Balaban J connectivity index is 1.52. The van der Waals surface area contributed by atoms with E-state index in [1.165, 1.54) is 5.52 Å². The molecular formula is C18H25N3O2. The van der Waals surface area contributed by atoms with Crippen LogP contribution in [0.5, 0.6) is 0 Å². The first kappa shape index (κ1) is 15.1. The highest BCUT2D eigenvalue weighted by atomic mass is 16.5. The molecule has 1 spiro atoms. The minimum absolute atomic E-state index is 0.0440. The summed E-state index contributed by atoms with van der Waals surface area (Å²) in [5.41, 5.74) is 2.22. The number of methoxy groups -OCH3 is 1. The maximum absolute atomic E-state index is 6.08. The highest BCUT2D eigenvalue weighted by Crippen LogP contribution is 2.37. The Morgan fingerprint density at radius 3 is 2.96 bits per heavy atom. The highest BCUT2D eigenvalue weighted by Gasteiger charge is 2.46. The van der Waals surface area contributed by atoms with E-state index in [0.29, 0.717) is 0 Å². The third-order valence-corrected chi connectivity index (χ3v) is 5.53. The van der Waals surface area contributed by atoms with E-state index in [2.05, 4.69) is 34.7 Å². The van der Waals surface area contributed by atoms with E-state index in [9.17, 15) is 0 Å². The number of piperidine rings is 1. The van der Waals surface area contributed by atoms with Crippen LogP contribution in [0.4, 0.5) is 0 Å². The summed E-state index contributed by atoms with van der Waals surface area (Å²) in [6, 6.07) is 8.31. The summed E-state index contributed by atoms with van der Waals surface area (Å²) in [5, 5.41) is 0. The number of hydrogen-bond acceptors (Lipinski definition) is 4. The quantitative estimate of drug-likeness (QED) is 0.871. The number of hydrogen-bond donors (Lipinski definition) is 0. The van der Waals surface area contributed by atoms with Crippen molar-refractivity contribution in [3.8, 4) is 0 Å². The van der Waals surface area contributed by atoms with Crippen LogP contribution < -0.4 is 0 Å². The molecule has 2 aliphatic rings. The van der Waals surface area contributed by atoms with E-state index in [4.69, 9.17) is 14.5 Å². The Morgan fingerprint density at radius 1 is 1.35 bits per heavy atom. The van der Waals surface area contributed by atoms with Gasteiger partial charge < -0.3 is 14.0 Å². The maximum atomic E-state index is 6.08. The fourth-order valence-corrected chi connectivity index (χ4v) is 4.14. The molecule has 0 aliphatic carbocycles. The van der Waals surface area contributed by atoms with Crippen LogP contribution in [0.25, 0.3) is 11.0 Å². The van der Waals surface area contributed by atoms with E-state index < -0.39 is 0 Å². The molecule has 3 heterocycles. The van der Waals surface area contributed by atoms with Crippen LogP contribution in [0, 0.1) is 0 Å². The summed E-state index contributed by atoms with van der Waals surface area (Å²) in [7, 11) is 3.91. The van der Waals surface area contributed by atoms with Crippen LogP contribution >= 0.6 is 0 Å². The second kappa shape index (κ2) is 5.89. The Kier molecular flexibility index (Phi) is 3.87. The molecule has 0 saturated carbocycles. The second-order valence-electron chi connectivity index (χ2n) is 6.80. The van der Waals surface area contributed by atoms with Gasteiger partial charge in [0.25, 0.3) is 0 Å². The zero-order valence-corrected chi connectivity index (χ0v) is 14.0. The van der Waals surface area contributed by atoms with E-state index >= 15 is 0 Å². The molecule has 124 valence electrons. The lowest BCUT2D eigenvalue weighted by Gasteiger charge is -2.44. The van der Waals surface area contributed by atoms with Crippen LogP contribution in [0.15, 0.2) is 24.3 Å². The molecule has 2 aliphatic heterocycles. The first-order chi connectivity index (χ1) is 11.2. The van der Waals surface area contributed by atoms with Gasteiger partial charge in [-0.2, -0.15) is 0 Å². The van der Waals surface area contributed by atoms with Gasteiger partial charge in [-0.25, -0.2) is 4.98 Å². The van der Waals surface area contributed by atoms with Crippen molar-refractivity contribution in [1.29, 1.82) is 0 Å². The van der Waals surface area contributed by atoms with Gasteiger partial charge in [0.2, 0.25) is 0 Å². The van der Waals surface area contributed by atoms with Gasteiger partial charge in [0.05, 0.1) is 29.3 Å². The molecule has 0 amide bonds. The molecule has 4 rings (SSSR count). The van der Waals surface area contributed by atoms with E-state index in [1.807, 2.05) is 13.2 Å². The topological polar surface area (TPSA) is 39.5 Å². The number of aromatic nitrogens is 2. The highest BCUT2D eigenvalue weighted by molar-refractivity contribution is 5.75. The maximum Gasteiger partial charge on any atom is 0.123 e. The van der Waals surface area contributed by atoms with Gasteiger partial charge in [0.1, 0.15) is 5.82 Å². The molecule has 2 fully saturated rings. The summed E-state index contributed by atoms with van der Waals surface area (Å²) in [6.45, 7) is 3.70. The zero-order chi connectivity index (χ0) is 15.9. The van der Waals surface area contributed by atoms with Crippen molar-refractivity contribution >= 4 is 11.0 Å². The van der Waals surface area contributed by atoms with E-state index in [-0.39, 0.29) is 11.7 Å². The van der Waals surface area contributed by atoms with Crippen LogP contribution in [-0.2, 0) is 23.1 Å². The largest absolute Gasteiger partial charge is 0.377 e. The number of para-hydroxylation sites is 2. The average molecular weight is 315 g/mol. The molecule has 0 unspecified atom stereocenters. The summed E-state index contributed by atoms with van der Waals surface area (Å²) in [6.07, 6.45) is 3.50. The van der Waals surface area contributed by atoms with Gasteiger partial charge in [0.15, 0.2) is 0 Å². The second-order valence-corrected chi connectivity index (χ2v) is 6.80. The predicted octanol–water partition coefficient (Wildman–Crippen LogP) is 2.34. The molecule has 1 aromatic carbocycles. The molecule has 2 atom stereocenters. The van der Waals surface area contributed by atoms with Crippen molar-refractivity contribution in [3.05, 3.63) is 30.1 Å². The molecule has 0 radical (unpaired) electrons. The Labute approximate surface area is 137 Å². The molecule has 5 nitrogen and oxygen atoms in total. The van der Waals surface area contributed by atoms with Gasteiger partial charge in [-0.15, -0.1) is 0 Å². The third-order valence-electron chi connectivity index (χ3n) is 5.53. The Morgan fingerprint density at radius 2 is 2.22 bits per heavy atom. The molecule has 0 N–H and O–H groups in total. The Bertz CT molecular complexity index is 691. The molecule has 2 aromatic rings. The number of ether oxygens (including phenoxy) is 2. The normalized spacial score (nSPS) is 28.9. The van der Waals surface area contributed by atoms with Crippen LogP contribution in [0.2, 0.25) is 0 Å². The van der Waals surface area contributed by atoms with Crippen LogP contribution in [-0.4, -0.2) is 53.0 Å². The standard InChI is InChI=1S/C18H25N3O2/c1-20-15-7-4-3-6-14(15)19-17(20)13-21-10-9-18(8-5-11-23-18)16(12-21)22-2/h3-4,6-7,16H,5,8-13H2,1-2H3/t16-,18-/m0/s1. The van der Waals surface area contributed by atoms with Crippen molar-refractivity contribution in [1.82, 2.24) is 14.5 Å². The zero-order valence-electron chi connectivity index (χ0n) is 14.0. The van der Waals surface area contributed by atoms with Gasteiger partial charge in [-0.05, 0) is 31.4 Å².